The van der Waals surface area contributed by atoms with E-state index in [1.807, 2.05) is 67.8 Å². The molecule has 0 aliphatic carbocycles. The Morgan fingerprint density at radius 1 is 0.824 bits per heavy atom. The van der Waals surface area contributed by atoms with Gasteiger partial charge in [0.15, 0.2) is 0 Å². The van der Waals surface area contributed by atoms with Gasteiger partial charge in [-0.05, 0) is 74.8 Å². The van der Waals surface area contributed by atoms with Crippen LogP contribution in [0.1, 0.15) is 20.7 Å². The molecule has 0 bridgehead atoms. The number of hydrogen-bond donors (Lipinski definition) is 5. The highest BCUT2D eigenvalue weighted by Gasteiger charge is 2.33. The van der Waals surface area contributed by atoms with Crippen molar-refractivity contribution in [2.45, 2.75) is 12.2 Å². The molecule has 0 fully saturated rings. The van der Waals surface area contributed by atoms with E-state index < -0.39 is 37.2 Å². The number of halogens is 3. The second-order valence-corrected chi connectivity index (χ2v) is 10.8. The summed E-state index contributed by atoms with van der Waals surface area (Å²) in [7, 11) is 6.10. The van der Waals surface area contributed by atoms with E-state index >= 15 is 0 Å². The fraction of sp³-hybridized carbons (Fsp3) is 0.550. The number of hydrogen-bond acceptors (Lipinski definition) is 8. The summed E-state index contributed by atoms with van der Waals surface area (Å²) in [5, 5.41) is 40.7. The molecule has 2 atom stereocenters. The lowest BCUT2D eigenvalue weighted by molar-refractivity contribution is -0.117. The van der Waals surface area contributed by atoms with Gasteiger partial charge in [0, 0.05) is 37.8 Å². The minimum atomic E-state index is -1.14. The number of carbonyl (C=O) groups is 3. The maximum absolute atomic E-state index is 13.4. The van der Waals surface area contributed by atoms with Crippen LogP contribution in [0.2, 0.25) is 0 Å². The topological polar surface area (TPSA) is 154 Å². The monoisotopic (exact) mass is 818 g/mol. The van der Waals surface area contributed by atoms with Gasteiger partial charge in [0.25, 0.3) is 11.8 Å². The molecule has 3 amide bonds. The Kier molecular flexibility index (Phi) is 13.4. The van der Waals surface area contributed by atoms with Crippen molar-refractivity contribution in [3.05, 3.63) is 21.8 Å². The van der Waals surface area contributed by atoms with E-state index in [9.17, 15) is 24.6 Å². The highest BCUT2D eigenvalue weighted by atomic mass is 127. The maximum atomic E-state index is 13.4. The minimum absolute atomic E-state index is 0.0341. The van der Waals surface area contributed by atoms with E-state index in [2.05, 4.69) is 5.32 Å². The van der Waals surface area contributed by atoms with Gasteiger partial charge in [0.1, 0.15) is 0 Å². The second kappa shape index (κ2) is 14.4. The molecule has 1 aromatic carbocycles. The van der Waals surface area contributed by atoms with Crippen LogP contribution in [0.25, 0.3) is 0 Å². The molecular formula is C20H29I3N4O7. The Hall–Kier alpha value is -0.380. The smallest absolute Gasteiger partial charge is 0.255 e. The summed E-state index contributed by atoms with van der Waals surface area (Å²) in [6, 6.07) is 0. The van der Waals surface area contributed by atoms with Crippen molar-refractivity contribution in [1.82, 2.24) is 15.1 Å². The number of nitrogens with zero attached hydrogens (tertiary/aromatic N) is 3. The van der Waals surface area contributed by atoms with Crippen molar-refractivity contribution >= 4 is 91.2 Å². The molecular weight excluding hydrogens is 789 g/mol. The van der Waals surface area contributed by atoms with Crippen LogP contribution in [0.15, 0.2) is 0 Å². The lowest BCUT2D eigenvalue weighted by atomic mass is 10.1. The molecule has 0 aliphatic heterocycles. The molecule has 11 nitrogen and oxygen atoms in total. The average molecular weight is 818 g/mol. The first-order valence-corrected chi connectivity index (χ1v) is 13.3. The molecule has 0 radical (unpaired) electrons. The lowest BCUT2D eigenvalue weighted by Crippen LogP contribution is -2.40. The Balaban J connectivity index is 3.78. The zero-order valence-corrected chi connectivity index (χ0v) is 25.7. The number of nitrogens with one attached hydrogen (secondary N) is 1. The van der Waals surface area contributed by atoms with E-state index in [0.29, 0.717) is 16.4 Å². The molecule has 0 heterocycles. The Bertz CT molecular complexity index is 862. The summed E-state index contributed by atoms with van der Waals surface area (Å²) in [6.07, 6.45) is -2.28. The first kappa shape index (κ1) is 31.6. The van der Waals surface area contributed by atoms with Gasteiger partial charge in [0.2, 0.25) is 5.91 Å². The normalized spacial score (nSPS) is 12.8. The lowest BCUT2D eigenvalue weighted by Gasteiger charge is -2.28. The van der Waals surface area contributed by atoms with Crippen molar-refractivity contribution in [3.63, 3.8) is 0 Å². The molecule has 0 spiro atoms. The molecule has 0 saturated heterocycles. The third-order valence-electron chi connectivity index (χ3n) is 4.84. The Morgan fingerprint density at radius 2 is 1.21 bits per heavy atom. The summed E-state index contributed by atoms with van der Waals surface area (Å²) in [5.41, 5.74) is 0.724. The van der Waals surface area contributed by atoms with Gasteiger partial charge in [-0.2, -0.15) is 0 Å². The standard InChI is InChI=1S/C20H29I3N4O7/c1-24-5-12(32)27(4)18-16(22)13(19(33)25(2)6-10(30)8-28)15(21)14(17(18)23)20(34)26(3)7-11(31)9-29/h10-11,24,28-31H,5-9H2,1-4H3. The summed E-state index contributed by atoms with van der Waals surface area (Å²) in [4.78, 5) is 43.3. The first-order chi connectivity index (χ1) is 15.8. The van der Waals surface area contributed by atoms with Crippen molar-refractivity contribution in [2.75, 3.05) is 65.9 Å². The number of aliphatic hydroxyl groups excluding tert-OH is 4. The Labute approximate surface area is 239 Å². The molecule has 0 saturated carbocycles. The summed E-state index contributed by atoms with van der Waals surface area (Å²) >= 11 is 5.83. The van der Waals surface area contributed by atoms with Crippen LogP contribution in [-0.4, -0.2) is 121 Å². The van der Waals surface area contributed by atoms with Gasteiger partial charge in [-0.3, -0.25) is 14.4 Å². The second-order valence-electron chi connectivity index (χ2n) is 7.57. The van der Waals surface area contributed by atoms with Gasteiger partial charge in [-0.15, -0.1) is 0 Å². The summed E-state index contributed by atoms with van der Waals surface area (Å²) < 4.78 is 1.24. The zero-order chi connectivity index (χ0) is 26.3. The fourth-order valence-corrected chi connectivity index (χ4v) is 7.82. The van der Waals surface area contributed by atoms with Crippen LogP contribution in [0, 0.1) is 10.7 Å². The Morgan fingerprint density at radius 3 is 1.53 bits per heavy atom. The van der Waals surface area contributed by atoms with Gasteiger partial charge >= 0.3 is 0 Å². The molecule has 1 aromatic rings. The maximum Gasteiger partial charge on any atom is 0.255 e. The number of amides is 3. The molecule has 14 heteroatoms. The number of likely N-dealkylation sites (N-methyl/N-ethyl adjacent to an activating group) is 4. The van der Waals surface area contributed by atoms with Crippen LogP contribution in [0.3, 0.4) is 0 Å². The quantitative estimate of drug-likeness (QED) is 0.188. The number of rotatable bonds is 11. The number of benzene rings is 1. The van der Waals surface area contributed by atoms with Crippen molar-refractivity contribution in [3.8, 4) is 0 Å². The van der Waals surface area contributed by atoms with E-state index in [0.717, 1.165) is 0 Å². The largest absolute Gasteiger partial charge is 0.394 e. The fourth-order valence-electron chi connectivity index (χ4n) is 3.01. The molecule has 0 aliphatic rings. The van der Waals surface area contributed by atoms with Crippen LogP contribution < -0.4 is 10.2 Å². The number of aliphatic hydroxyl groups is 4. The number of carbonyl (C=O) groups excluding carboxylic acids is 3. The van der Waals surface area contributed by atoms with Gasteiger partial charge in [-0.1, -0.05) is 0 Å². The zero-order valence-electron chi connectivity index (χ0n) is 19.2. The summed E-state index contributed by atoms with van der Waals surface area (Å²) in [6.45, 7) is -1.28. The van der Waals surface area contributed by atoms with Crippen LogP contribution in [0.4, 0.5) is 5.69 Å². The molecule has 192 valence electrons. The third-order valence-corrected chi connectivity index (χ3v) is 8.02. The van der Waals surface area contributed by atoms with Crippen molar-refractivity contribution < 1.29 is 34.8 Å². The minimum Gasteiger partial charge on any atom is -0.394 e. The van der Waals surface area contributed by atoms with Crippen molar-refractivity contribution in [1.29, 1.82) is 0 Å². The highest BCUT2D eigenvalue weighted by Crippen LogP contribution is 2.38. The molecule has 1 rings (SSSR count). The number of anilines is 1. The first-order valence-electron chi connectivity index (χ1n) is 10.0. The van der Waals surface area contributed by atoms with Gasteiger partial charge < -0.3 is 40.4 Å². The molecule has 2 unspecified atom stereocenters. The molecule has 34 heavy (non-hydrogen) atoms. The van der Waals surface area contributed by atoms with Crippen LogP contribution >= 0.6 is 67.8 Å². The van der Waals surface area contributed by atoms with Crippen molar-refractivity contribution in [2.24, 2.45) is 0 Å². The van der Waals surface area contributed by atoms with Gasteiger partial charge in [-0.25, -0.2) is 0 Å². The predicted octanol–water partition coefficient (Wildman–Crippen LogP) is -0.467. The van der Waals surface area contributed by atoms with Crippen LogP contribution in [0.5, 0.6) is 0 Å². The van der Waals surface area contributed by atoms with E-state index in [1.54, 1.807) is 14.1 Å². The highest BCUT2D eigenvalue weighted by molar-refractivity contribution is 14.1. The van der Waals surface area contributed by atoms with E-state index in [-0.39, 0.29) is 36.7 Å². The average Bonchev–Trinajstić information content (AvgIpc) is 2.78. The van der Waals surface area contributed by atoms with Gasteiger partial charge in [0.05, 0.1) is 55.9 Å². The van der Waals surface area contributed by atoms with E-state index in [1.165, 1.54) is 28.8 Å². The van der Waals surface area contributed by atoms with E-state index in [4.69, 9.17) is 10.2 Å². The summed E-state index contributed by atoms with van der Waals surface area (Å²) in [5.74, 6) is -1.29. The third kappa shape index (κ3) is 7.56. The van der Waals surface area contributed by atoms with Crippen LogP contribution in [-0.2, 0) is 4.79 Å². The molecule has 5 N–H and O–H groups in total. The SMILES string of the molecule is CNCC(=O)N(C)c1c(I)c(C(=O)N(C)CC(O)CO)c(I)c(C(=O)N(C)CC(O)CO)c1I. The molecule has 0 aromatic heterocycles. The predicted molar refractivity (Wildman–Crippen MR) is 152 cm³/mol.